The smallest absolute Gasteiger partial charge is 0.282 e. The molecule has 0 aromatic heterocycles. The topological polar surface area (TPSA) is 109 Å². The summed E-state index contributed by atoms with van der Waals surface area (Å²) in [6.45, 7) is 0. The van der Waals surface area contributed by atoms with Gasteiger partial charge in [-0.25, -0.2) is 0 Å². The normalized spacial score (nSPS) is 12.4. The summed E-state index contributed by atoms with van der Waals surface area (Å²) in [6, 6.07) is 32.3. The lowest BCUT2D eigenvalue weighted by molar-refractivity contribution is 0.481. The number of hydrogen-bond acceptors (Lipinski definition) is 4. The molecule has 188 valence electrons. The summed E-state index contributed by atoms with van der Waals surface area (Å²) >= 11 is 0. The summed E-state index contributed by atoms with van der Waals surface area (Å²) in [5.74, 6) is 0. The van der Waals surface area contributed by atoms with E-state index in [1.165, 1.54) is 24.3 Å². The van der Waals surface area contributed by atoms with Crippen LogP contribution < -0.4 is 0 Å². The average molecular weight is 541 g/mol. The van der Waals surface area contributed by atoms with Crippen molar-refractivity contribution in [2.45, 2.75) is 9.79 Å². The van der Waals surface area contributed by atoms with Crippen molar-refractivity contribution < 1.29 is 25.9 Å². The molecular formula is C30H20O6S2. The molecule has 0 unspecified atom stereocenters. The highest BCUT2D eigenvalue weighted by Crippen LogP contribution is 2.44. The summed E-state index contributed by atoms with van der Waals surface area (Å²) in [5.41, 5.74) is 3.37. The molecule has 38 heavy (non-hydrogen) atoms. The van der Waals surface area contributed by atoms with Gasteiger partial charge in [0.15, 0.2) is 0 Å². The largest absolute Gasteiger partial charge is 0.294 e. The van der Waals surface area contributed by atoms with Crippen LogP contribution in [0.4, 0.5) is 0 Å². The van der Waals surface area contributed by atoms with Crippen molar-refractivity contribution in [1.29, 1.82) is 0 Å². The quantitative estimate of drug-likeness (QED) is 0.185. The number of fused-ring (bicyclic) bond motifs is 3. The SMILES string of the molecule is O=S(=O)(O)c1ccc(-c2c3ccccc3cc3c(-c4ccc(S(=O)(=O)O)cc4)c4ccccc4cc23)cc1. The van der Waals surface area contributed by atoms with Crippen molar-refractivity contribution in [3.8, 4) is 22.3 Å². The monoisotopic (exact) mass is 540 g/mol. The van der Waals surface area contributed by atoms with Gasteiger partial charge < -0.3 is 0 Å². The minimum absolute atomic E-state index is 0.184. The maximum atomic E-state index is 11.6. The first-order valence-corrected chi connectivity index (χ1v) is 14.5. The molecule has 2 N–H and O–H groups in total. The molecule has 0 heterocycles. The van der Waals surface area contributed by atoms with E-state index in [2.05, 4.69) is 12.1 Å². The van der Waals surface area contributed by atoms with Gasteiger partial charge in [0.1, 0.15) is 0 Å². The maximum absolute atomic E-state index is 11.6. The Hall–Kier alpha value is -4.08. The highest BCUT2D eigenvalue weighted by molar-refractivity contribution is 7.86. The van der Waals surface area contributed by atoms with Gasteiger partial charge in [0.05, 0.1) is 9.79 Å². The Morgan fingerprint density at radius 1 is 0.421 bits per heavy atom. The van der Waals surface area contributed by atoms with Gasteiger partial charge in [-0.2, -0.15) is 16.8 Å². The second-order valence-corrected chi connectivity index (χ2v) is 11.9. The van der Waals surface area contributed by atoms with Crippen molar-refractivity contribution in [2.24, 2.45) is 0 Å². The lowest BCUT2D eigenvalue weighted by Crippen LogP contribution is -1.98. The third kappa shape index (κ3) is 4.13. The van der Waals surface area contributed by atoms with Crippen LogP contribution in [0.15, 0.2) is 119 Å². The molecular weight excluding hydrogens is 520 g/mol. The zero-order valence-electron chi connectivity index (χ0n) is 19.7. The molecule has 8 heteroatoms. The van der Waals surface area contributed by atoms with Crippen LogP contribution in [0, 0.1) is 0 Å². The van der Waals surface area contributed by atoms with E-state index in [-0.39, 0.29) is 9.79 Å². The van der Waals surface area contributed by atoms with Crippen LogP contribution in [0.1, 0.15) is 0 Å². The molecule has 6 nitrogen and oxygen atoms in total. The van der Waals surface area contributed by atoms with E-state index in [9.17, 15) is 25.9 Å². The van der Waals surface area contributed by atoms with E-state index < -0.39 is 20.2 Å². The molecule has 6 aromatic rings. The van der Waals surface area contributed by atoms with E-state index in [1.807, 2.05) is 48.5 Å². The van der Waals surface area contributed by atoms with Crippen LogP contribution in [0.3, 0.4) is 0 Å². The molecule has 0 bridgehead atoms. The summed E-state index contributed by atoms with van der Waals surface area (Å²) in [7, 11) is -8.67. The van der Waals surface area contributed by atoms with E-state index in [1.54, 1.807) is 24.3 Å². The first-order chi connectivity index (χ1) is 18.1. The van der Waals surface area contributed by atoms with Gasteiger partial charge in [0.25, 0.3) is 20.2 Å². The summed E-state index contributed by atoms with van der Waals surface area (Å²) < 4.78 is 65.5. The van der Waals surface area contributed by atoms with Gasteiger partial charge in [-0.05, 0) is 91.0 Å². The van der Waals surface area contributed by atoms with Gasteiger partial charge >= 0.3 is 0 Å². The van der Waals surface area contributed by atoms with Crippen LogP contribution in [-0.2, 0) is 20.2 Å². The number of hydrogen-bond donors (Lipinski definition) is 2. The molecule has 0 atom stereocenters. The number of benzene rings is 6. The van der Waals surface area contributed by atoms with Crippen LogP contribution in [0.5, 0.6) is 0 Å². The third-order valence-corrected chi connectivity index (χ3v) is 8.51. The molecule has 6 aromatic carbocycles. The lowest BCUT2D eigenvalue weighted by Gasteiger charge is -2.18. The second-order valence-electron chi connectivity index (χ2n) is 9.04. The Labute approximate surface area is 219 Å². The summed E-state index contributed by atoms with van der Waals surface area (Å²) in [5, 5.41) is 5.75. The predicted molar refractivity (Wildman–Crippen MR) is 149 cm³/mol. The van der Waals surface area contributed by atoms with Crippen LogP contribution in [0.2, 0.25) is 0 Å². The highest BCUT2D eigenvalue weighted by Gasteiger charge is 2.18. The van der Waals surface area contributed by atoms with Crippen molar-refractivity contribution in [3.63, 3.8) is 0 Å². The molecule has 0 amide bonds. The fourth-order valence-electron chi connectivity index (χ4n) is 5.08. The molecule has 0 aliphatic rings. The Morgan fingerprint density at radius 3 is 1.11 bits per heavy atom. The predicted octanol–water partition coefficient (Wildman–Crippen LogP) is 6.97. The molecule has 0 fully saturated rings. The average Bonchev–Trinajstić information content (AvgIpc) is 2.90. The van der Waals surface area contributed by atoms with Gasteiger partial charge in [-0.1, -0.05) is 72.8 Å². The van der Waals surface area contributed by atoms with E-state index in [0.717, 1.165) is 54.6 Å². The van der Waals surface area contributed by atoms with E-state index in [0.29, 0.717) is 0 Å². The third-order valence-electron chi connectivity index (χ3n) is 6.77. The first kappa shape index (κ1) is 24.3. The van der Waals surface area contributed by atoms with Gasteiger partial charge in [-0.3, -0.25) is 9.11 Å². The minimum Gasteiger partial charge on any atom is -0.282 e. The Morgan fingerprint density at radius 2 is 0.763 bits per heavy atom. The van der Waals surface area contributed by atoms with Crippen LogP contribution >= 0.6 is 0 Å². The molecule has 0 saturated heterocycles. The van der Waals surface area contributed by atoms with E-state index >= 15 is 0 Å². The molecule has 0 spiro atoms. The molecule has 6 rings (SSSR count). The first-order valence-electron chi connectivity index (χ1n) is 11.6. The lowest BCUT2D eigenvalue weighted by atomic mass is 9.86. The second kappa shape index (κ2) is 8.75. The minimum atomic E-state index is -4.33. The molecule has 0 saturated carbocycles. The molecule has 0 aliphatic carbocycles. The van der Waals surface area contributed by atoms with Crippen LogP contribution in [-0.4, -0.2) is 25.9 Å². The zero-order valence-corrected chi connectivity index (χ0v) is 21.4. The zero-order chi connectivity index (χ0) is 26.7. The summed E-state index contributed by atoms with van der Waals surface area (Å²) in [6.07, 6.45) is 0. The fourth-order valence-corrected chi connectivity index (χ4v) is 6.04. The van der Waals surface area contributed by atoms with Crippen molar-refractivity contribution in [2.75, 3.05) is 0 Å². The fraction of sp³-hybridized carbons (Fsp3) is 0. The van der Waals surface area contributed by atoms with Gasteiger partial charge in [0, 0.05) is 0 Å². The Kier molecular flexibility index (Phi) is 5.59. The summed E-state index contributed by atoms with van der Waals surface area (Å²) in [4.78, 5) is -0.369. The highest BCUT2D eigenvalue weighted by atomic mass is 32.2. The molecule has 0 aliphatic heterocycles. The standard InChI is InChI=1S/C30H20O6S2/c31-37(32,33)23-13-9-19(10-14-23)29-25-7-3-1-5-21(25)17-27-28(29)18-22-6-2-4-8-26(22)30(27)20-11-15-24(16-12-20)38(34,35)36/h1-18H,(H,31,32,33)(H,34,35,36). The van der Waals surface area contributed by atoms with Gasteiger partial charge in [-0.15, -0.1) is 0 Å². The van der Waals surface area contributed by atoms with Crippen molar-refractivity contribution in [3.05, 3.63) is 109 Å². The van der Waals surface area contributed by atoms with E-state index in [4.69, 9.17) is 0 Å². The van der Waals surface area contributed by atoms with Gasteiger partial charge in [0.2, 0.25) is 0 Å². The maximum Gasteiger partial charge on any atom is 0.294 e. The van der Waals surface area contributed by atoms with Crippen LogP contribution in [0.25, 0.3) is 54.6 Å². The van der Waals surface area contributed by atoms with Crippen molar-refractivity contribution in [1.82, 2.24) is 0 Å². The Bertz CT molecular complexity index is 1940. The van der Waals surface area contributed by atoms with Crippen molar-refractivity contribution >= 4 is 52.6 Å². The molecule has 0 radical (unpaired) electrons. The number of rotatable bonds is 4. The Balaban J connectivity index is 1.75.